The largest absolute Gasteiger partial charge is 0.412 e. The number of aromatic nitrogens is 1. The summed E-state index contributed by atoms with van der Waals surface area (Å²) in [5.74, 6) is 0.489. The van der Waals surface area contributed by atoms with E-state index in [0.717, 1.165) is 73.4 Å². The number of rotatable bonds is 7. The Morgan fingerprint density at radius 3 is 2.81 bits per heavy atom. The summed E-state index contributed by atoms with van der Waals surface area (Å²) in [4.78, 5) is 19.1. The Morgan fingerprint density at radius 1 is 1.26 bits per heavy atom. The molecule has 0 aliphatic heterocycles. The molecular formula is C21H28ClN3O2. The van der Waals surface area contributed by atoms with Crippen LogP contribution in [-0.2, 0) is 12.8 Å². The Balaban J connectivity index is 1.61. The number of nitrogens with zero attached hydrogens (tertiary/aromatic N) is 2. The summed E-state index contributed by atoms with van der Waals surface area (Å²) in [6, 6.07) is 5.47. The molecule has 1 aromatic carbocycles. The highest BCUT2D eigenvalue weighted by molar-refractivity contribution is 6.36. The lowest BCUT2D eigenvalue weighted by molar-refractivity contribution is 0.199. The van der Waals surface area contributed by atoms with Gasteiger partial charge in [0.1, 0.15) is 5.75 Å². The topological polar surface area (TPSA) is 54.5 Å². The number of pyridine rings is 1. The van der Waals surface area contributed by atoms with Crippen LogP contribution in [0, 0.1) is 0 Å². The van der Waals surface area contributed by atoms with Gasteiger partial charge in [-0.2, -0.15) is 0 Å². The minimum atomic E-state index is -0.432. The van der Waals surface area contributed by atoms with E-state index in [0.29, 0.717) is 12.3 Å². The van der Waals surface area contributed by atoms with E-state index < -0.39 is 6.09 Å². The van der Waals surface area contributed by atoms with Crippen LogP contribution in [0.25, 0.3) is 10.9 Å². The second-order valence-electron chi connectivity index (χ2n) is 6.93. The van der Waals surface area contributed by atoms with Crippen molar-refractivity contribution in [2.45, 2.75) is 46.0 Å². The monoisotopic (exact) mass is 389 g/mol. The molecule has 2 aromatic rings. The summed E-state index contributed by atoms with van der Waals surface area (Å²) >= 11 is 6.59. The van der Waals surface area contributed by atoms with Crippen molar-refractivity contribution in [3.63, 3.8) is 0 Å². The lowest BCUT2D eigenvalue weighted by Crippen LogP contribution is -2.31. The lowest BCUT2D eigenvalue weighted by Gasteiger charge is -2.18. The third-order valence-corrected chi connectivity index (χ3v) is 5.62. The molecule has 146 valence electrons. The number of hydrogen-bond acceptors (Lipinski definition) is 4. The molecular weight excluding hydrogens is 362 g/mol. The quantitative estimate of drug-likeness (QED) is 0.704. The fourth-order valence-electron chi connectivity index (χ4n) is 3.59. The first-order valence-electron chi connectivity index (χ1n) is 9.91. The molecule has 6 heteroatoms. The first kappa shape index (κ1) is 19.9. The van der Waals surface area contributed by atoms with Crippen LogP contribution in [0.1, 0.15) is 44.4 Å². The van der Waals surface area contributed by atoms with Crippen molar-refractivity contribution in [2.24, 2.45) is 0 Å². The molecule has 1 aliphatic carbocycles. The summed E-state index contributed by atoms with van der Waals surface area (Å²) in [7, 11) is 0. The van der Waals surface area contributed by atoms with E-state index >= 15 is 0 Å². The van der Waals surface area contributed by atoms with Crippen molar-refractivity contribution in [3.8, 4) is 5.75 Å². The van der Waals surface area contributed by atoms with Crippen molar-refractivity contribution in [1.82, 2.24) is 15.2 Å². The smallest absolute Gasteiger partial charge is 0.410 e. The molecule has 1 N–H and O–H groups in total. The van der Waals surface area contributed by atoms with E-state index in [1.165, 1.54) is 5.56 Å². The maximum absolute atomic E-state index is 12.0. The lowest BCUT2D eigenvalue weighted by atomic mass is 9.94. The minimum absolute atomic E-state index is 0.432. The number of amides is 1. The maximum Gasteiger partial charge on any atom is 0.412 e. The van der Waals surface area contributed by atoms with Crippen LogP contribution in [0.3, 0.4) is 0 Å². The maximum atomic E-state index is 12.0. The van der Waals surface area contributed by atoms with Crippen molar-refractivity contribution in [1.29, 1.82) is 0 Å². The van der Waals surface area contributed by atoms with Gasteiger partial charge in [-0.25, -0.2) is 4.79 Å². The van der Waals surface area contributed by atoms with E-state index in [1.54, 1.807) is 12.1 Å². The Labute approximate surface area is 166 Å². The third-order valence-electron chi connectivity index (χ3n) is 5.19. The molecule has 1 amide bonds. The minimum Gasteiger partial charge on any atom is -0.410 e. The van der Waals surface area contributed by atoms with Crippen LogP contribution in [-0.4, -0.2) is 42.2 Å². The average Bonchev–Trinajstić information content (AvgIpc) is 2.68. The molecule has 3 rings (SSSR count). The van der Waals surface area contributed by atoms with Crippen LogP contribution >= 0.6 is 11.6 Å². The molecule has 1 aliphatic rings. The molecule has 0 atom stereocenters. The fraction of sp³-hybridized carbons (Fsp3) is 0.524. The summed E-state index contributed by atoms with van der Waals surface area (Å²) < 4.78 is 5.42. The molecule has 0 unspecified atom stereocenters. The number of nitrogens with one attached hydrogen (secondary N) is 1. The normalized spacial score (nSPS) is 13.6. The SMILES string of the molecule is CCN(CC)CCCNC(=O)Oc1ccc2c(Cl)c3c(nc2c1)CCCC3. The van der Waals surface area contributed by atoms with Crippen LogP contribution in [0.2, 0.25) is 5.02 Å². The van der Waals surface area contributed by atoms with Gasteiger partial charge in [0.05, 0.1) is 10.5 Å². The zero-order valence-corrected chi connectivity index (χ0v) is 16.9. The van der Waals surface area contributed by atoms with Gasteiger partial charge in [-0.1, -0.05) is 25.4 Å². The van der Waals surface area contributed by atoms with Crippen LogP contribution < -0.4 is 10.1 Å². The third kappa shape index (κ3) is 4.90. The number of ether oxygens (including phenoxy) is 1. The number of benzene rings is 1. The average molecular weight is 390 g/mol. The van der Waals surface area contributed by atoms with Crippen molar-refractivity contribution in [3.05, 3.63) is 34.5 Å². The first-order chi connectivity index (χ1) is 13.1. The molecule has 0 bridgehead atoms. The van der Waals surface area contributed by atoms with Crippen molar-refractivity contribution < 1.29 is 9.53 Å². The number of carbonyl (C=O) groups is 1. The van der Waals surface area contributed by atoms with Crippen LogP contribution in [0.5, 0.6) is 5.75 Å². The number of halogens is 1. The fourth-order valence-corrected chi connectivity index (χ4v) is 3.95. The summed E-state index contributed by atoms with van der Waals surface area (Å²) in [6.45, 7) is 7.90. The van der Waals surface area contributed by atoms with Crippen molar-refractivity contribution in [2.75, 3.05) is 26.2 Å². The highest BCUT2D eigenvalue weighted by Gasteiger charge is 2.17. The van der Waals surface area contributed by atoms with Gasteiger partial charge < -0.3 is 15.0 Å². The van der Waals surface area contributed by atoms with Gasteiger partial charge in [0.15, 0.2) is 0 Å². The van der Waals surface area contributed by atoms with E-state index in [9.17, 15) is 4.79 Å². The second kappa shape index (κ2) is 9.38. The molecule has 0 spiro atoms. The Hall–Kier alpha value is -1.85. The van der Waals surface area contributed by atoms with Crippen molar-refractivity contribution >= 4 is 28.6 Å². The standard InChI is InChI=1S/C21H28ClN3O2/c1-3-25(4-2)13-7-12-23-21(26)27-15-10-11-17-19(14-15)24-18-9-6-5-8-16(18)20(17)22/h10-11,14H,3-9,12-13H2,1-2H3,(H,23,26). The van der Waals surface area contributed by atoms with Gasteiger partial charge >= 0.3 is 6.09 Å². The Kier molecular flexibility index (Phi) is 6.91. The van der Waals surface area contributed by atoms with E-state index in [-0.39, 0.29) is 0 Å². The number of hydrogen-bond donors (Lipinski definition) is 1. The molecule has 1 heterocycles. The summed E-state index contributed by atoms with van der Waals surface area (Å²) in [6.07, 6.45) is 4.73. The molecule has 5 nitrogen and oxygen atoms in total. The highest BCUT2D eigenvalue weighted by Crippen LogP contribution is 2.34. The highest BCUT2D eigenvalue weighted by atomic mass is 35.5. The molecule has 0 radical (unpaired) electrons. The van der Waals surface area contributed by atoms with Gasteiger partial charge in [-0.3, -0.25) is 4.98 Å². The van der Waals surface area contributed by atoms with Crippen LogP contribution in [0.15, 0.2) is 18.2 Å². The van der Waals surface area contributed by atoms with Crippen LogP contribution in [0.4, 0.5) is 4.79 Å². The number of fused-ring (bicyclic) bond motifs is 2. The Bertz CT molecular complexity index is 806. The number of aryl methyl sites for hydroxylation is 1. The zero-order valence-electron chi connectivity index (χ0n) is 16.2. The van der Waals surface area contributed by atoms with Gasteiger partial charge in [0.25, 0.3) is 0 Å². The number of carbonyl (C=O) groups excluding carboxylic acids is 1. The predicted octanol–water partition coefficient (Wildman–Crippen LogP) is 4.59. The van der Waals surface area contributed by atoms with Gasteiger partial charge in [0, 0.05) is 23.7 Å². The van der Waals surface area contributed by atoms with E-state index in [1.807, 2.05) is 6.07 Å². The van der Waals surface area contributed by atoms with Gasteiger partial charge in [-0.15, -0.1) is 0 Å². The molecule has 0 fully saturated rings. The Morgan fingerprint density at radius 2 is 2.04 bits per heavy atom. The summed E-state index contributed by atoms with van der Waals surface area (Å²) in [5, 5.41) is 4.52. The van der Waals surface area contributed by atoms with E-state index in [4.69, 9.17) is 21.3 Å². The second-order valence-corrected chi connectivity index (χ2v) is 7.31. The molecule has 1 aromatic heterocycles. The van der Waals surface area contributed by atoms with Gasteiger partial charge in [0.2, 0.25) is 0 Å². The van der Waals surface area contributed by atoms with E-state index in [2.05, 4.69) is 24.1 Å². The molecule has 0 saturated heterocycles. The first-order valence-corrected chi connectivity index (χ1v) is 10.3. The zero-order chi connectivity index (χ0) is 19.2. The van der Waals surface area contributed by atoms with Gasteiger partial charge in [-0.05, 0) is 69.4 Å². The predicted molar refractivity (Wildman–Crippen MR) is 110 cm³/mol. The summed E-state index contributed by atoms with van der Waals surface area (Å²) in [5.41, 5.74) is 3.04. The molecule has 0 saturated carbocycles. The molecule has 27 heavy (non-hydrogen) atoms.